The van der Waals surface area contributed by atoms with Gasteiger partial charge < -0.3 is 9.47 Å². The van der Waals surface area contributed by atoms with Gasteiger partial charge in [-0.15, -0.1) is 0 Å². The molecule has 0 aromatic rings. The molecule has 0 saturated heterocycles. The lowest BCUT2D eigenvalue weighted by Crippen LogP contribution is -2.09. The van der Waals surface area contributed by atoms with Crippen molar-refractivity contribution in [1.82, 2.24) is 0 Å². The fourth-order valence-corrected chi connectivity index (χ4v) is 3.48. The first-order valence-corrected chi connectivity index (χ1v) is 13.0. The molecule has 0 saturated carbocycles. The zero-order chi connectivity index (χ0) is 12.2. The van der Waals surface area contributed by atoms with Crippen molar-refractivity contribution >= 4 is 17.6 Å². The standard InChI is InChI=1S/C12H30O2Si2.2CH4/c1-15(2)11-5-7-13-9-10-14-8-6-12-16(3)4;;/h15-16H,5-12H2,1-4H3;2*1H4. The van der Waals surface area contributed by atoms with E-state index in [1.807, 2.05) is 0 Å². The molecule has 0 heterocycles. The van der Waals surface area contributed by atoms with Gasteiger partial charge in [0.2, 0.25) is 0 Å². The SMILES string of the molecule is C.C.C[SiH](C)CCCOCCOCCC[SiH](C)C. The molecule has 0 aliphatic heterocycles. The van der Waals surface area contributed by atoms with Crippen LogP contribution in [0.15, 0.2) is 0 Å². The van der Waals surface area contributed by atoms with E-state index in [1.165, 1.54) is 24.9 Å². The summed E-state index contributed by atoms with van der Waals surface area (Å²) >= 11 is 0. The molecule has 0 N–H and O–H groups in total. The Hall–Kier alpha value is 0.354. The van der Waals surface area contributed by atoms with Gasteiger partial charge in [-0.1, -0.05) is 53.1 Å². The van der Waals surface area contributed by atoms with Crippen LogP contribution in [-0.4, -0.2) is 44.0 Å². The van der Waals surface area contributed by atoms with E-state index in [0.29, 0.717) is 0 Å². The molecule has 0 unspecified atom stereocenters. The Bertz CT molecular complexity index is 126. The van der Waals surface area contributed by atoms with E-state index in [9.17, 15) is 0 Å². The number of rotatable bonds is 11. The van der Waals surface area contributed by atoms with Crippen LogP contribution >= 0.6 is 0 Å². The average Bonchev–Trinajstić information content (AvgIpc) is 2.20. The highest BCUT2D eigenvalue weighted by Gasteiger charge is 1.97. The molecule has 0 amide bonds. The molecular weight excluding hydrogens is 256 g/mol. The molecule has 2 nitrogen and oxygen atoms in total. The maximum Gasteiger partial charge on any atom is 0.0700 e. The Morgan fingerprint density at radius 1 is 0.611 bits per heavy atom. The summed E-state index contributed by atoms with van der Waals surface area (Å²) in [5.74, 6) is 0. The lowest BCUT2D eigenvalue weighted by atomic mass is 10.5. The second-order valence-electron chi connectivity index (χ2n) is 5.30. The number of hydrogen-bond donors (Lipinski definition) is 0. The van der Waals surface area contributed by atoms with Crippen molar-refractivity contribution in [3.05, 3.63) is 0 Å². The summed E-state index contributed by atoms with van der Waals surface area (Å²) in [5.41, 5.74) is 0. The Morgan fingerprint density at radius 3 is 1.22 bits per heavy atom. The highest BCUT2D eigenvalue weighted by atomic mass is 28.3. The third-order valence-electron chi connectivity index (χ3n) is 2.51. The van der Waals surface area contributed by atoms with Crippen LogP contribution in [0.3, 0.4) is 0 Å². The summed E-state index contributed by atoms with van der Waals surface area (Å²) in [6.07, 6.45) is 2.48. The van der Waals surface area contributed by atoms with E-state index in [2.05, 4.69) is 26.2 Å². The Labute approximate surface area is 120 Å². The smallest absolute Gasteiger partial charge is 0.0700 e. The largest absolute Gasteiger partial charge is 0.379 e. The molecule has 114 valence electrons. The second kappa shape index (κ2) is 17.4. The summed E-state index contributed by atoms with van der Waals surface area (Å²) in [5, 5.41) is 0. The molecule has 0 aromatic heterocycles. The Kier molecular flexibility index (Phi) is 22.6. The zero-order valence-electron chi connectivity index (χ0n) is 11.6. The summed E-state index contributed by atoms with van der Waals surface area (Å²) in [4.78, 5) is 0. The number of hydrogen-bond acceptors (Lipinski definition) is 2. The van der Waals surface area contributed by atoms with Crippen LogP contribution in [0.25, 0.3) is 0 Å². The monoisotopic (exact) mass is 294 g/mol. The molecule has 0 rings (SSSR count). The highest BCUT2D eigenvalue weighted by molar-refractivity contribution is 6.55. The van der Waals surface area contributed by atoms with Crippen LogP contribution in [0.2, 0.25) is 38.3 Å². The van der Waals surface area contributed by atoms with Crippen LogP contribution < -0.4 is 0 Å². The summed E-state index contributed by atoms with van der Waals surface area (Å²) in [6.45, 7) is 13.0. The van der Waals surface area contributed by atoms with E-state index in [1.54, 1.807) is 0 Å². The van der Waals surface area contributed by atoms with Crippen LogP contribution in [0, 0.1) is 0 Å². The first kappa shape index (κ1) is 23.4. The highest BCUT2D eigenvalue weighted by Crippen LogP contribution is 1.98. The van der Waals surface area contributed by atoms with Gasteiger partial charge in [0, 0.05) is 30.8 Å². The fraction of sp³-hybridized carbons (Fsp3) is 1.00. The molecule has 0 bridgehead atoms. The minimum Gasteiger partial charge on any atom is -0.379 e. The van der Waals surface area contributed by atoms with E-state index in [-0.39, 0.29) is 32.4 Å². The van der Waals surface area contributed by atoms with E-state index in [0.717, 1.165) is 26.4 Å². The normalized spacial score (nSPS) is 10.3. The van der Waals surface area contributed by atoms with Crippen molar-refractivity contribution in [2.24, 2.45) is 0 Å². The molecule has 0 atom stereocenters. The average molecular weight is 295 g/mol. The van der Waals surface area contributed by atoms with Gasteiger partial charge in [0.15, 0.2) is 0 Å². The van der Waals surface area contributed by atoms with Crippen molar-refractivity contribution in [1.29, 1.82) is 0 Å². The molecule has 4 heteroatoms. The van der Waals surface area contributed by atoms with Crippen molar-refractivity contribution in [3.63, 3.8) is 0 Å². The second-order valence-corrected chi connectivity index (χ2v) is 12.0. The third kappa shape index (κ3) is 21.6. The van der Waals surface area contributed by atoms with E-state index >= 15 is 0 Å². The van der Waals surface area contributed by atoms with Crippen LogP contribution in [0.1, 0.15) is 27.7 Å². The van der Waals surface area contributed by atoms with Gasteiger partial charge >= 0.3 is 0 Å². The van der Waals surface area contributed by atoms with Gasteiger partial charge in [-0.05, 0) is 12.8 Å². The first-order valence-electron chi connectivity index (χ1n) is 6.78. The molecule has 0 aromatic carbocycles. The Morgan fingerprint density at radius 2 is 0.944 bits per heavy atom. The third-order valence-corrected chi connectivity index (χ3v) is 5.64. The van der Waals surface area contributed by atoms with Crippen molar-refractivity contribution in [2.75, 3.05) is 26.4 Å². The van der Waals surface area contributed by atoms with Crippen molar-refractivity contribution in [3.8, 4) is 0 Å². The maximum absolute atomic E-state index is 5.52. The van der Waals surface area contributed by atoms with Gasteiger partial charge in [-0.25, -0.2) is 0 Å². The van der Waals surface area contributed by atoms with Gasteiger partial charge in [0.05, 0.1) is 13.2 Å². The maximum atomic E-state index is 5.52. The molecule has 0 spiro atoms. The minimum absolute atomic E-state index is 0. The Balaban J connectivity index is -0.00000112. The molecule has 0 radical (unpaired) electrons. The van der Waals surface area contributed by atoms with E-state index in [4.69, 9.17) is 9.47 Å². The number of ether oxygens (including phenoxy) is 2. The summed E-state index contributed by atoms with van der Waals surface area (Å²) < 4.78 is 11.0. The molecule has 0 aliphatic rings. The quantitative estimate of drug-likeness (QED) is 0.423. The van der Waals surface area contributed by atoms with Crippen LogP contribution in [0.5, 0.6) is 0 Å². The van der Waals surface area contributed by atoms with Crippen molar-refractivity contribution in [2.45, 2.75) is 66.0 Å². The van der Waals surface area contributed by atoms with Gasteiger partial charge in [-0.2, -0.15) is 0 Å². The minimum atomic E-state index is -0.362. The van der Waals surface area contributed by atoms with Crippen LogP contribution in [0.4, 0.5) is 0 Å². The fourth-order valence-electron chi connectivity index (χ4n) is 1.51. The topological polar surface area (TPSA) is 18.5 Å². The zero-order valence-corrected chi connectivity index (χ0v) is 13.9. The predicted octanol–water partition coefficient (Wildman–Crippen LogP) is 4.05. The molecule has 0 fully saturated rings. The predicted molar refractivity (Wildman–Crippen MR) is 91.7 cm³/mol. The van der Waals surface area contributed by atoms with Gasteiger partial charge in [-0.3, -0.25) is 0 Å². The van der Waals surface area contributed by atoms with Gasteiger partial charge in [0.1, 0.15) is 0 Å². The van der Waals surface area contributed by atoms with Crippen molar-refractivity contribution < 1.29 is 9.47 Å². The van der Waals surface area contributed by atoms with Gasteiger partial charge in [0.25, 0.3) is 0 Å². The lowest BCUT2D eigenvalue weighted by molar-refractivity contribution is 0.0482. The first-order chi connectivity index (χ1) is 7.63. The lowest BCUT2D eigenvalue weighted by Gasteiger charge is -2.07. The molecule has 18 heavy (non-hydrogen) atoms. The molecular formula is C14H38O2Si2. The van der Waals surface area contributed by atoms with E-state index < -0.39 is 0 Å². The summed E-state index contributed by atoms with van der Waals surface area (Å²) in [7, 11) is -0.724. The summed E-state index contributed by atoms with van der Waals surface area (Å²) in [6, 6.07) is 2.81. The van der Waals surface area contributed by atoms with Crippen LogP contribution in [-0.2, 0) is 9.47 Å². The molecule has 0 aliphatic carbocycles.